The molecular formula is C27H24Br2N6O2. The summed E-state index contributed by atoms with van der Waals surface area (Å²) in [5.41, 5.74) is 2.93. The van der Waals surface area contributed by atoms with Crippen molar-refractivity contribution in [3.05, 3.63) is 93.4 Å². The quantitative estimate of drug-likeness (QED) is 0.314. The molecule has 0 bridgehead atoms. The molecule has 2 aromatic carbocycles. The van der Waals surface area contributed by atoms with Gasteiger partial charge in [0.25, 0.3) is 11.8 Å². The van der Waals surface area contributed by atoms with Crippen LogP contribution in [0.25, 0.3) is 5.69 Å². The molecule has 8 nitrogen and oxygen atoms in total. The molecule has 2 aliphatic heterocycles. The maximum Gasteiger partial charge on any atom is 0.254 e. The van der Waals surface area contributed by atoms with E-state index in [-0.39, 0.29) is 23.3 Å². The number of hydrogen-bond acceptors (Lipinski definition) is 4. The Bertz CT molecular complexity index is 1480. The van der Waals surface area contributed by atoms with Gasteiger partial charge in [-0.15, -0.1) is 5.10 Å². The van der Waals surface area contributed by atoms with E-state index in [1.54, 1.807) is 9.58 Å². The molecule has 2 aromatic heterocycles. The summed E-state index contributed by atoms with van der Waals surface area (Å²) in [6.07, 6.45) is 6.45. The van der Waals surface area contributed by atoms with Crippen LogP contribution in [0.4, 0.5) is 5.69 Å². The number of nitrogens with zero attached hydrogens (tertiary/aromatic N) is 6. The number of benzene rings is 2. The minimum Gasteiger partial charge on any atom is -0.337 e. The minimum atomic E-state index is -0.375. The number of amides is 2. The fraction of sp³-hybridized carbons (Fsp3) is 0.259. The lowest BCUT2D eigenvalue weighted by Gasteiger charge is -2.46. The summed E-state index contributed by atoms with van der Waals surface area (Å²) in [4.78, 5) is 30.0. The molecule has 2 aliphatic rings. The summed E-state index contributed by atoms with van der Waals surface area (Å²) < 4.78 is 5.49. The lowest BCUT2D eigenvalue weighted by molar-refractivity contribution is -0.120. The zero-order chi connectivity index (χ0) is 25.7. The van der Waals surface area contributed by atoms with Gasteiger partial charge in [0, 0.05) is 63.3 Å². The van der Waals surface area contributed by atoms with Crippen LogP contribution >= 0.6 is 31.9 Å². The van der Waals surface area contributed by atoms with Gasteiger partial charge in [0.2, 0.25) is 0 Å². The number of likely N-dealkylation sites (tertiary alicyclic amines) is 1. The molecular weight excluding hydrogens is 600 g/mol. The average Bonchev–Trinajstić information content (AvgIpc) is 3.63. The Morgan fingerprint density at radius 1 is 1.00 bits per heavy atom. The molecule has 2 amide bonds. The summed E-state index contributed by atoms with van der Waals surface area (Å²) in [5.74, 6) is -0.00169. The molecule has 188 valence electrons. The molecule has 1 unspecified atom stereocenters. The maximum atomic E-state index is 13.3. The molecule has 2 fully saturated rings. The standard InChI is InChI=1S/C27H24Br2N6O2/c1-27(16-33(17-27)25(36)18-12-20(29)14-22(13-18)32-9-2-3-10-32)24-15-35(31-30-24)23-8-11-34(26(23)37)21-6-4-19(28)5-7-21/h2-7,9-10,12-15,23H,8,11,16-17H2,1H3. The first kappa shape index (κ1) is 24.1. The average molecular weight is 624 g/mol. The highest BCUT2D eigenvalue weighted by atomic mass is 79.9. The summed E-state index contributed by atoms with van der Waals surface area (Å²) >= 11 is 6.98. The predicted octanol–water partition coefficient (Wildman–Crippen LogP) is 4.99. The molecule has 2 saturated heterocycles. The van der Waals surface area contributed by atoms with Gasteiger partial charge in [-0.25, -0.2) is 4.68 Å². The fourth-order valence-corrected chi connectivity index (χ4v) is 5.88. The van der Waals surface area contributed by atoms with E-state index in [0.29, 0.717) is 31.6 Å². The van der Waals surface area contributed by atoms with Gasteiger partial charge in [0.1, 0.15) is 6.04 Å². The van der Waals surface area contributed by atoms with Crippen molar-refractivity contribution in [1.82, 2.24) is 24.5 Å². The van der Waals surface area contributed by atoms with Crippen molar-refractivity contribution in [3.8, 4) is 5.69 Å². The predicted molar refractivity (Wildman–Crippen MR) is 147 cm³/mol. The van der Waals surface area contributed by atoms with Gasteiger partial charge < -0.3 is 14.4 Å². The van der Waals surface area contributed by atoms with Crippen molar-refractivity contribution < 1.29 is 9.59 Å². The van der Waals surface area contributed by atoms with Crippen LogP contribution in [0.5, 0.6) is 0 Å². The van der Waals surface area contributed by atoms with Crippen molar-refractivity contribution in [1.29, 1.82) is 0 Å². The van der Waals surface area contributed by atoms with Crippen molar-refractivity contribution in [2.24, 2.45) is 0 Å². The van der Waals surface area contributed by atoms with Gasteiger partial charge in [-0.2, -0.15) is 0 Å². The topological polar surface area (TPSA) is 76.3 Å². The molecule has 0 saturated carbocycles. The lowest BCUT2D eigenvalue weighted by Crippen LogP contribution is -2.59. The fourth-order valence-electron chi connectivity index (χ4n) is 5.13. The second-order valence-electron chi connectivity index (χ2n) is 9.86. The van der Waals surface area contributed by atoms with Crippen LogP contribution in [0.2, 0.25) is 0 Å². The largest absolute Gasteiger partial charge is 0.337 e. The molecule has 10 heteroatoms. The maximum absolute atomic E-state index is 13.3. The second-order valence-corrected chi connectivity index (χ2v) is 11.7. The highest BCUT2D eigenvalue weighted by molar-refractivity contribution is 9.10. The Morgan fingerprint density at radius 3 is 2.46 bits per heavy atom. The number of aromatic nitrogens is 4. The van der Waals surface area contributed by atoms with E-state index >= 15 is 0 Å². The van der Waals surface area contributed by atoms with E-state index in [1.807, 2.05) is 82.7 Å². The van der Waals surface area contributed by atoms with E-state index < -0.39 is 0 Å². The molecule has 1 atom stereocenters. The van der Waals surface area contributed by atoms with Crippen molar-refractivity contribution in [2.45, 2.75) is 24.8 Å². The summed E-state index contributed by atoms with van der Waals surface area (Å²) in [5, 5.41) is 8.73. The molecule has 0 aliphatic carbocycles. The van der Waals surface area contributed by atoms with Crippen LogP contribution in [0, 0.1) is 0 Å². The van der Waals surface area contributed by atoms with Crippen LogP contribution in [0.15, 0.2) is 82.1 Å². The molecule has 0 spiro atoms. The van der Waals surface area contributed by atoms with Crippen molar-refractivity contribution in [3.63, 3.8) is 0 Å². The van der Waals surface area contributed by atoms with E-state index in [0.717, 1.165) is 26.0 Å². The lowest BCUT2D eigenvalue weighted by atomic mass is 9.79. The Morgan fingerprint density at radius 2 is 1.73 bits per heavy atom. The summed E-state index contributed by atoms with van der Waals surface area (Å²) in [6.45, 7) is 3.80. The number of anilines is 1. The monoisotopic (exact) mass is 622 g/mol. The normalized spacial score (nSPS) is 18.8. The van der Waals surface area contributed by atoms with Crippen LogP contribution in [-0.2, 0) is 10.2 Å². The van der Waals surface area contributed by atoms with E-state index in [1.165, 1.54) is 0 Å². The number of hydrogen-bond donors (Lipinski definition) is 0. The third kappa shape index (κ3) is 4.42. The number of rotatable bonds is 5. The Hall–Kier alpha value is -3.24. The van der Waals surface area contributed by atoms with Crippen LogP contribution < -0.4 is 4.90 Å². The van der Waals surface area contributed by atoms with Gasteiger partial charge in [-0.1, -0.05) is 44.0 Å². The molecule has 37 heavy (non-hydrogen) atoms. The van der Waals surface area contributed by atoms with Gasteiger partial charge >= 0.3 is 0 Å². The number of carbonyl (C=O) groups is 2. The highest BCUT2D eigenvalue weighted by Gasteiger charge is 2.45. The Balaban J connectivity index is 1.14. The second kappa shape index (κ2) is 9.25. The van der Waals surface area contributed by atoms with E-state index in [9.17, 15) is 9.59 Å². The van der Waals surface area contributed by atoms with Gasteiger partial charge in [-0.3, -0.25) is 9.59 Å². The number of halogens is 2. The zero-order valence-electron chi connectivity index (χ0n) is 20.1. The molecule has 0 radical (unpaired) electrons. The zero-order valence-corrected chi connectivity index (χ0v) is 23.3. The third-order valence-electron chi connectivity index (χ3n) is 7.16. The van der Waals surface area contributed by atoms with Gasteiger partial charge in [-0.05, 0) is 61.0 Å². The molecule has 0 N–H and O–H groups in total. The molecule has 4 aromatic rings. The third-order valence-corrected chi connectivity index (χ3v) is 8.15. The van der Waals surface area contributed by atoms with E-state index in [4.69, 9.17) is 0 Å². The van der Waals surface area contributed by atoms with Crippen LogP contribution in [0.3, 0.4) is 0 Å². The van der Waals surface area contributed by atoms with Crippen molar-refractivity contribution in [2.75, 3.05) is 24.5 Å². The SMILES string of the molecule is CC1(c2cn(C3CCN(c4ccc(Br)cc4)C3=O)nn2)CN(C(=O)c2cc(Br)cc(-n3cccc3)c2)C1. The highest BCUT2D eigenvalue weighted by Crippen LogP contribution is 2.36. The Kier molecular flexibility index (Phi) is 6.03. The first-order valence-corrected chi connectivity index (χ1v) is 13.6. The minimum absolute atomic E-state index is 0.0162. The molecule has 6 rings (SSSR count). The number of carbonyl (C=O) groups excluding carboxylic acids is 2. The first-order valence-electron chi connectivity index (χ1n) is 12.0. The first-order chi connectivity index (χ1) is 17.8. The smallest absolute Gasteiger partial charge is 0.254 e. The van der Waals surface area contributed by atoms with Crippen LogP contribution in [0.1, 0.15) is 35.4 Å². The van der Waals surface area contributed by atoms with Gasteiger partial charge in [0.05, 0.1) is 11.9 Å². The Labute approximate surface area is 231 Å². The van der Waals surface area contributed by atoms with Crippen molar-refractivity contribution >= 4 is 49.4 Å². The summed E-state index contributed by atoms with van der Waals surface area (Å²) in [6, 6.07) is 17.0. The van der Waals surface area contributed by atoms with Gasteiger partial charge in [0.15, 0.2) is 0 Å². The summed E-state index contributed by atoms with van der Waals surface area (Å²) in [7, 11) is 0. The molecule has 4 heterocycles. The van der Waals surface area contributed by atoms with Crippen LogP contribution in [-0.4, -0.2) is 55.9 Å². The van der Waals surface area contributed by atoms with E-state index in [2.05, 4.69) is 49.1 Å².